The second-order valence-electron chi connectivity index (χ2n) is 12.3. The van der Waals surface area contributed by atoms with Crippen LogP contribution in [0.5, 0.6) is 0 Å². The maximum absolute atomic E-state index is 11.9. The van der Waals surface area contributed by atoms with E-state index in [1.54, 1.807) is 0 Å². The average molecular weight is 619 g/mol. The Morgan fingerprint density at radius 1 is 0.477 bits per heavy atom. The Bertz CT molecular complexity index is 711. The van der Waals surface area contributed by atoms with Crippen LogP contribution in [0.3, 0.4) is 0 Å². The Morgan fingerprint density at radius 2 is 0.795 bits per heavy atom. The molecule has 0 aliphatic carbocycles. The predicted octanol–water partition coefficient (Wildman–Crippen LogP) is 11.3. The molecule has 0 spiro atoms. The molecule has 0 bridgehead atoms. The molecule has 1 N–H and O–H groups in total. The lowest BCUT2D eigenvalue weighted by Crippen LogP contribution is -2.25. The van der Waals surface area contributed by atoms with Gasteiger partial charge in [-0.2, -0.15) is 0 Å². The number of allylic oxidation sites excluding steroid dienone is 6. The standard InChI is InChI=1S/C39H70O5/c1-3-5-7-9-11-13-15-17-19-21-23-25-27-29-31-33-38(41)43-35-37(40)36-44-39(42)34-32-30-28-26-24-22-20-18-16-14-12-10-8-6-4-2/h11,13,17-20,37,40H,3-10,12,14-16,21-36H2,1-2H3/b13-11?,19-17+,20-18?. The number of ether oxygens (including phenoxy) is 2. The first-order valence-electron chi connectivity index (χ1n) is 18.5. The summed E-state index contributed by atoms with van der Waals surface area (Å²) >= 11 is 0. The highest BCUT2D eigenvalue weighted by atomic mass is 16.6. The van der Waals surface area contributed by atoms with E-state index in [4.69, 9.17) is 9.47 Å². The Kier molecular flexibility index (Phi) is 34.1. The van der Waals surface area contributed by atoms with Crippen molar-refractivity contribution in [1.29, 1.82) is 0 Å². The van der Waals surface area contributed by atoms with Gasteiger partial charge in [-0.1, -0.05) is 134 Å². The third-order valence-corrected chi connectivity index (χ3v) is 7.85. The highest BCUT2D eigenvalue weighted by Gasteiger charge is 2.12. The largest absolute Gasteiger partial charge is 0.463 e. The molecular weight excluding hydrogens is 548 g/mol. The molecular formula is C39H70O5. The summed E-state index contributed by atoms with van der Waals surface area (Å²) in [6.07, 6.45) is 41.9. The summed E-state index contributed by atoms with van der Waals surface area (Å²) in [4.78, 5) is 23.9. The molecule has 44 heavy (non-hydrogen) atoms. The molecule has 0 amide bonds. The van der Waals surface area contributed by atoms with Crippen LogP contribution in [0.25, 0.3) is 0 Å². The van der Waals surface area contributed by atoms with Crippen LogP contribution in [0, 0.1) is 0 Å². The molecule has 0 fully saturated rings. The quantitative estimate of drug-likeness (QED) is 0.0450. The Balaban J connectivity index is 3.48. The Labute approximate surface area is 272 Å². The predicted molar refractivity (Wildman–Crippen MR) is 187 cm³/mol. The minimum atomic E-state index is -0.971. The zero-order chi connectivity index (χ0) is 32.2. The SMILES string of the molecule is CCCCCC=CC/C=C/CCCCCCCC(=O)OCC(O)COC(=O)CCCCCCCC=CCCCCCCCC. The molecule has 0 radical (unpaired) electrons. The summed E-state index contributed by atoms with van der Waals surface area (Å²) in [6.45, 7) is 4.24. The van der Waals surface area contributed by atoms with Crippen LogP contribution in [0.15, 0.2) is 36.5 Å². The highest BCUT2D eigenvalue weighted by Crippen LogP contribution is 2.11. The molecule has 1 atom stereocenters. The summed E-state index contributed by atoms with van der Waals surface area (Å²) in [5.41, 5.74) is 0. The van der Waals surface area contributed by atoms with Gasteiger partial charge in [0, 0.05) is 12.8 Å². The molecule has 1 unspecified atom stereocenters. The monoisotopic (exact) mass is 619 g/mol. The molecule has 0 saturated carbocycles. The molecule has 0 saturated heterocycles. The van der Waals surface area contributed by atoms with Gasteiger partial charge in [-0.05, 0) is 70.6 Å². The van der Waals surface area contributed by atoms with E-state index in [1.165, 1.54) is 96.3 Å². The summed E-state index contributed by atoms with van der Waals surface area (Å²) in [7, 11) is 0. The van der Waals surface area contributed by atoms with Crippen LogP contribution < -0.4 is 0 Å². The zero-order valence-electron chi connectivity index (χ0n) is 28.9. The summed E-state index contributed by atoms with van der Waals surface area (Å²) in [5, 5.41) is 9.99. The minimum Gasteiger partial charge on any atom is -0.463 e. The molecule has 0 heterocycles. The highest BCUT2D eigenvalue weighted by molar-refractivity contribution is 5.69. The second-order valence-corrected chi connectivity index (χ2v) is 12.3. The van der Waals surface area contributed by atoms with Gasteiger partial charge in [0.1, 0.15) is 19.3 Å². The van der Waals surface area contributed by atoms with Gasteiger partial charge in [-0.25, -0.2) is 0 Å². The summed E-state index contributed by atoms with van der Waals surface area (Å²) in [5.74, 6) is -0.590. The lowest BCUT2D eigenvalue weighted by atomic mass is 10.1. The zero-order valence-corrected chi connectivity index (χ0v) is 28.9. The first kappa shape index (κ1) is 42.1. The maximum Gasteiger partial charge on any atom is 0.305 e. The van der Waals surface area contributed by atoms with Gasteiger partial charge in [-0.15, -0.1) is 0 Å². The fourth-order valence-corrected chi connectivity index (χ4v) is 4.99. The van der Waals surface area contributed by atoms with Crippen LogP contribution in [-0.4, -0.2) is 36.4 Å². The topological polar surface area (TPSA) is 72.8 Å². The van der Waals surface area contributed by atoms with Gasteiger partial charge in [0.05, 0.1) is 0 Å². The smallest absolute Gasteiger partial charge is 0.305 e. The number of hydrogen-bond acceptors (Lipinski definition) is 5. The molecule has 0 aliphatic heterocycles. The van der Waals surface area contributed by atoms with E-state index in [-0.39, 0.29) is 25.2 Å². The van der Waals surface area contributed by atoms with Crippen molar-refractivity contribution >= 4 is 11.9 Å². The Hall–Kier alpha value is -1.88. The number of aliphatic hydroxyl groups excluding tert-OH is 1. The third-order valence-electron chi connectivity index (χ3n) is 7.85. The summed E-state index contributed by atoms with van der Waals surface area (Å²) < 4.78 is 10.3. The molecule has 5 nitrogen and oxygen atoms in total. The second kappa shape index (κ2) is 35.6. The first-order chi connectivity index (χ1) is 21.6. The van der Waals surface area contributed by atoms with Crippen molar-refractivity contribution in [2.45, 2.75) is 187 Å². The number of hydrogen-bond donors (Lipinski definition) is 1. The van der Waals surface area contributed by atoms with Crippen molar-refractivity contribution in [3.8, 4) is 0 Å². The lowest BCUT2D eigenvalue weighted by molar-refractivity contribution is -0.152. The number of carbonyl (C=O) groups excluding carboxylic acids is 2. The molecule has 0 aromatic carbocycles. The Morgan fingerprint density at radius 3 is 1.23 bits per heavy atom. The number of rotatable bonds is 33. The van der Waals surface area contributed by atoms with Gasteiger partial charge < -0.3 is 14.6 Å². The van der Waals surface area contributed by atoms with Gasteiger partial charge in [-0.3, -0.25) is 9.59 Å². The van der Waals surface area contributed by atoms with Crippen LogP contribution in [0.2, 0.25) is 0 Å². The number of esters is 2. The number of aliphatic hydroxyl groups is 1. The average Bonchev–Trinajstić information content (AvgIpc) is 3.02. The van der Waals surface area contributed by atoms with E-state index < -0.39 is 6.10 Å². The van der Waals surface area contributed by atoms with Crippen molar-refractivity contribution in [3.63, 3.8) is 0 Å². The fraction of sp³-hybridized carbons (Fsp3) is 0.795. The molecule has 0 aromatic heterocycles. The van der Waals surface area contributed by atoms with Crippen molar-refractivity contribution < 1.29 is 24.2 Å². The van der Waals surface area contributed by atoms with Crippen molar-refractivity contribution in [2.75, 3.05) is 13.2 Å². The third kappa shape index (κ3) is 34.6. The van der Waals surface area contributed by atoms with Crippen LogP contribution in [0.4, 0.5) is 0 Å². The van der Waals surface area contributed by atoms with Gasteiger partial charge in [0.2, 0.25) is 0 Å². The van der Waals surface area contributed by atoms with Crippen molar-refractivity contribution in [1.82, 2.24) is 0 Å². The number of carbonyl (C=O) groups is 2. The van der Waals surface area contributed by atoms with E-state index in [1.807, 2.05) is 0 Å². The van der Waals surface area contributed by atoms with E-state index >= 15 is 0 Å². The molecule has 256 valence electrons. The minimum absolute atomic E-state index is 0.124. The van der Waals surface area contributed by atoms with E-state index in [0.717, 1.165) is 57.8 Å². The van der Waals surface area contributed by atoms with Gasteiger partial charge in [0.15, 0.2) is 0 Å². The molecule has 0 rings (SSSR count). The van der Waals surface area contributed by atoms with Crippen molar-refractivity contribution in [2.24, 2.45) is 0 Å². The first-order valence-corrected chi connectivity index (χ1v) is 18.5. The van der Waals surface area contributed by atoms with E-state index in [2.05, 4.69) is 50.3 Å². The van der Waals surface area contributed by atoms with Gasteiger partial charge in [0.25, 0.3) is 0 Å². The number of unbranched alkanes of at least 4 members (excludes halogenated alkanes) is 19. The van der Waals surface area contributed by atoms with Gasteiger partial charge >= 0.3 is 11.9 Å². The molecule has 0 aliphatic rings. The maximum atomic E-state index is 11.9. The lowest BCUT2D eigenvalue weighted by Gasteiger charge is -2.12. The fourth-order valence-electron chi connectivity index (χ4n) is 4.99. The van der Waals surface area contributed by atoms with Crippen LogP contribution >= 0.6 is 0 Å². The van der Waals surface area contributed by atoms with Crippen molar-refractivity contribution in [3.05, 3.63) is 36.5 Å². The molecule has 5 heteroatoms. The summed E-state index contributed by atoms with van der Waals surface area (Å²) in [6, 6.07) is 0. The molecule has 0 aromatic rings. The van der Waals surface area contributed by atoms with Crippen LogP contribution in [-0.2, 0) is 19.1 Å². The normalized spacial score (nSPS) is 12.5. The van der Waals surface area contributed by atoms with Crippen LogP contribution in [0.1, 0.15) is 181 Å². The van der Waals surface area contributed by atoms with E-state index in [0.29, 0.717) is 12.8 Å². The van der Waals surface area contributed by atoms with E-state index in [9.17, 15) is 14.7 Å².